The van der Waals surface area contributed by atoms with Gasteiger partial charge >= 0.3 is 0 Å². The van der Waals surface area contributed by atoms with Gasteiger partial charge in [0, 0.05) is 38.5 Å². The van der Waals surface area contributed by atoms with Crippen molar-refractivity contribution in [2.75, 3.05) is 33.8 Å². The van der Waals surface area contributed by atoms with E-state index < -0.39 is 0 Å². The van der Waals surface area contributed by atoms with E-state index in [-0.39, 0.29) is 24.1 Å². The number of ether oxygens (including phenoxy) is 2. The van der Waals surface area contributed by atoms with Crippen molar-refractivity contribution in [3.05, 3.63) is 24.3 Å². The Bertz CT molecular complexity index is 555. The number of hydrogen-bond donors (Lipinski definition) is 1. The molecule has 2 saturated heterocycles. The first-order chi connectivity index (χ1) is 11.6. The molecule has 0 saturated carbocycles. The highest BCUT2D eigenvalue weighted by Gasteiger charge is 2.36. The third kappa shape index (κ3) is 3.82. The van der Waals surface area contributed by atoms with E-state index in [1.807, 2.05) is 36.2 Å². The van der Waals surface area contributed by atoms with Crippen molar-refractivity contribution in [2.45, 2.75) is 37.5 Å². The Labute approximate surface area is 143 Å². The smallest absolute Gasteiger partial charge is 0.239 e. The van der Waals surface area contributed by atoms with Crippen LogP contribution in [0.5, 0.6) is 11.5 Å². The zero-order valence-corrected chi connectivity index (χ0v) is 14.5. The number of methoxy groups -OCH3 is 1. The minimum absolute atomic E-state index is 0.0564. The summed E-state index contributed by atoms with van der Waals surface area (Å²) in [6.45, 7) is 2.30. The molecule has 2 N–H and O–H groups in total. The van der Waals surface area contributed by atoms with Gasteiger partial charge in [0.2, 0.25) is 5.91 Å². The number of amides is 1. The molecule has 1 aromatic rings. The maximum atomic E-state index is 12.7. The zero-order valence-electron chi connectivity index (χ0n) is 14.5. The number of likely N-dealkylation sites (N-methyl/N-ethyl adjacent to an activating group) is 1. The van der Waals surface area contributed by atoms with Gasteiger partial charge in [-0.15, -0.1) is 0 Å². The van der Waals surface area contributed by atoms with Crippen molar-refractivity contribution in [2.24, 2.45) is 5.73 Å². The Kier molecular flexibility index (Phi) is 5.26. The van der Waals surface area contributed by atoms with Gasteiger partial charge in [0.15, 0.2) is 0 Å². The number of nitrogens with two attached hydrogens (primary N) is 1. The Morgan fingerprint density at radius 2 is 1.79 bits per heavy atom. The van der Waals surface area contributed by atoms with E-state index in [1.54, 1.807) is 7.11 Å². The number of likely N-dealkylation sites (tertiary alicyclic amines) is 2. The van der Waals surface area contributed by atoms with Crippen LogP contribution >= 0.6 is 0 Å². The maximum absolute atomic E-state index is 12.7. The quantitative estimate of drug-likeness (QED) is 0.893. The molecule has 2 fully saturated rings. The summed E-state index contributed by atoms with van der Waals surface area (Å²) < 4.78 is 11.2. The molecule has 2 atom stereocenters. The van der Waals surface area contributed by atoms with Crippen LogP contribution in [0, 0.1) is 0 Å². The lowest BCUT2D eigenvalue weighted by Gasteiger charge is -2.34. The van der Waals surface area contributed by atoms with Crippen LogP contribution in [0.25, 0.3) is 0 Å². The Morgan fingerprint density at radius 3 is 2.33 bits per heavy atom. The van der Waals surface area contributed by atoms with Gasteiger partial charge in [0.25, 0.3) is 0 Å². The molecule has 1 aromatic carbocycles. The topological polar surface area (TPSA) is 68.0 Å². The molecule has 0 aliphatic carbocycles. The highest BCUT2D eigenvalue weighted by molar-refractivity contribution is 5.82. The Morgan fingerprint density at radius 1 is 1.17 bits per heavy atom. The van der Waals surface area contributed by atoms with Gasteiger partial charge in [-0.2, -0.15) is 0 Å². The van der Waals surface area contributed by atoms with Gasteiger partial charge in [0.1, 0.15) is 17.6 Å². The summed E-state index contributed by atoms with van der Waals surface area (Å²) in [6.07, 6.45) is 2.64. The molecule has 2 aliphatic rings. The van der Waals surface area contributed by atoms with Gasteiger partial charge in [-0.05, 0) is 37.7 Å². The largest absolute Gasteiger partial charge is 0.497 e. The Hall–Kier alpha value is -1.79. The maximum Gasteiger partial charge on any atom is 0.239 e. The van der Waals surface area contributed by atoms with Crippen molar-refractivity contribution >= 4 is 5.91 Å². The molecular formula is C18H27N3O3. The molecule has 1 amide bonds. The fraction of sp³-hybridized carbons (Fsp3) is 0.611. The number of piperidine rings is 1. The molecule has 24 heavy (non-hydrogen) atoms. The molecule has 0 aromatic heterocycles. The third-order valence-corrected chi connectivity index (χ3v) is 4.98. The van der Waals surface area contributed by atoms with Crippen molar-refractivity contribution in [1.29, 1.82) is 0 Å². The van der Waals surface area contributed by atoms with Gasteiger partial charge in [-0.3, -0.25) is 9.69 Å². The molecule has 132 valence electrons. The first kappa shape index (κ1) is 17.0. The average molecular weight is 333 g/mol. The number of rotatable bonds is 4. The molecule has 3 rings (SSSR count). The predicted molar refractivity (Wildman–Crippen MR) is 92.2 cm³/mol. The molecule has 2 aliphatic heterocycles. The number of nitrogens with zero attached hydrogens (tertiary/aromatic N) is 2. The second-order valence-electron chi connectivity index (χ2n) is 6.77. The summed E-state index contributed by atoms with van der Waals surface area (Å²) in [7, 11) is 3.63. The third-order valence-electron chi connectivity index (χ3n) is 4.98. The molecule has 6 nitrogen and oxygen atoms in total. The molecule has 0 unspecified atom stereocenters. The fourth-order valence-corrected chi connectivity index (χ4v) is 3.58. The average Bonchev–Trinajstić information content (AvgIpc) is 2.94. The summed E-state index contributed by atoms with van der Waals surface area (Å²) in [5.74, 6) is 1.89. The normalized spacial score (nSPS) is 25.7. The van der Waals surface area contributed by atoms with E-state index >= 15 is 0 Å². The fourth-order valence-electron chi connectivity index (χ4n) is 3.58. The van der Waals surface area contributed by atoms with E-state index in [0.29, 0.717) is 0 Å². The second kappa shape index (κ2) is 7.40. The summed E-state index contributed by atoms with van der Waals surface area (Å²) >= 11 is 0. The van der Waals surface area contributed by atoms with Gasteiger partial charge < -0.3 is 20.1 Å². The number of benzene rings is 1. The van der Waals surface area contributed by atoms with E-state index in [0.717, 1.165) is 50.4 Å². The lowest BCUT2D eigenvalue weighted by Crippen LogP contribution is -2.48. The van der Waals surface area contributed by atoms with E-state index in [4.69, 9.17) is 15.2 Å². The first-order valence-electron chi connectivity index (χ1n) is 8.62. The van der Waals surface area contributed by atoms with E-state index in [2.05, 4.69) is 4.90 Å². The highest BCUT2D eigenvalue weighted by Crippen LogP contribution is 2.23. The molecule has 2 heterocycles. The molecular weight excluding hydrogens is 306 g/mol. The van der Waals surface area contributed by atoms with Crippen LogP contribution < -0.4 is 15.2 Å². The molecule has 0 bridgehead atoms. The van der Waals surface area contributed by atoms with Crippen LogP contribution in [0.4, 0.5) is 0 Å². The predicted octanol–water partition coefficient (Wildman–Crippen LogP) is 1.10. The first-order valence-corrected chi connectivity index (χ1v) is 8.62. The van der Waals surface area contributed by atoms with Gasteiger partial charge in [-0.25, -0.2) is 0 Å². The van der Waals surface area contributed by atoms with Crippen molar-refractivity contribution in [3.8, 4) is 11.5 Å². The van der Waals surface area contributed by atoms with Crippen LogP contribution in [0.3, 0.4) is 0 Å². The van der Waals surface area contributed by atoms with Gasteiger partial charge in [-0.1, -0.05) is 0 Å². The SMILES string of the molecule is COc1ccc(OC2CCN(C(=O)[C@@H]3C[C@H](N)CN3C)CC2)cc1. The summed E-state index contributed by atoms with van der Waals surface area (Å²) in [4.78, 5) is 16.7. The lowest BCUT2D eigenvalue weighted by atomic mass is 10.1. The van der Waals surface area contributed by atoms with Crippen LogP contribution in [-0.2, 0) is 4.79 Å². The number of carbonyl (C=O) groups excluding carboxylic acids is 1. The molecule has 0 spiro atoms. The summed E-state index contributed by atoms with van der Waals surface area (Å²) in [5.41, 5.74) is 5.97. The highest BCUT2D eigenvalue weighted by atomic mass is 16.5. The van der Waals surface area contributed by atoms with Crippen molar-refractivity contribution in [3.63, 3.8) is 0 Å². The summed E-state index contributed by atoms with van der Waals surface area (Å²) in [6, 6.07) is 7.69. The summed E-state index contributed by atoms with van der Waals surface area (Å²) in [5, 5.41) is 0. The number of hydrogen-bond acceptors (Lipinski definition) is 5. The zero-order chi connectivity index (χ0) is 17.1. The lowest BCUT2D eigenvalue weighted by molar-refractivity contribution is -0.137. The number of carbonyl (C=O) groups is 1. The molecule has 6 heteroatoms. The van der Waals surface area contributed by atoms with Crippen molar-refractivity contribution in [1.82, 2.24) is 9.80 Å². The van der Waals surface area contributed by atoms with Crippen LogP contribution in [0.2, 0.25) is 0 Å². The van der Waals surface area contributed by atoms with Gasteiger partial charge in [0.05, 0.1) is 13.2 Å². The Balaban J connectivity index is 1.49. The second-order valence-corrected chi connectivity index (χ2v) is 6.77. The standard InChI is InChI=1S/C18H27N3O3/c1-20-12-13(19)11-17(20)18(22)21-9-7-16(8-10-21)24-15-5-3-14(23-2)4-6-15/h3-6,13,16-17H,7-12,19H2,1-2H3/t13-,17-/m0/s1. The van der Waals surface area contributed by atoms with E-state index in [9.17, 15) is 4.79 Å². The van der Waals surface area contributed by atoms with Crippen LogP contribution in [0.15, 0.2) is 24.3 Å². The minimum atomic E-state index is -0.0564. The van der Waals surface area contributed by atoms with Crippen molar-refractivity contribution < 1.29 is 14.3 Å². The monoisotopic (exact) mass is 333 g/mol. The van der Waals surface area contributed by atoms with Crippen LogP contribution in [-0.4, -0.2) is 67.7 Å². The van der Waals surface area contributed by atoms with Crippen LogP contribution in [0.1, 0.15) is 19.3 Å². The van der Waals surface area contributed by atoms with E-state index in [1.165, 1.54) is 0 Å². The minimum Gasteiger partial charge on any atom is -0.497 e. The molecule has 0 radical (unpaired) electrons.